The van der Waals surface area contributed by atoms with Gasteiger partial charge in [0, 0.05) is 18.8 Å². The van der Waals surface area contributed by atoms with Crippen LogP contribution in [-0.2, 0) is 12.6 Å². The fraction of sp³-hybridized carbons (Fsp3) is 0.158. The van der Waals surface area contributed by atoms with E-state index in [9.17, 15) is 22.0 Å². The molecule has 3 rings (SSSR count). The van der Waals surface area contributed by atoms with Crippen molar-refractivity contribution >= 4 is 5.82 Å². The van der Waals surface area contributed by atoms with Gasteiger partial charge in [-0.15, -0.1) is 0 Å². The Bertz CT molecular complexity index is 1020. The Balaban J connectivity index is 1.89. The zero-order valence-electron chi connectivity index (χ0n) is 14.5. The lowest BCUT2D eigenvalue weighted by molar-refractivity contribution is -0.137. The van der Waals surface area contributed by atoms with Crippen molar-refractivity contribution in [3.63, 3.8) is 0 Å². The molecular formula is C19H14F5N3O. The van der Waals surface area contributed by atoms with Gasteiger partial charge < -0.3 is 10.5 Å². The van der Waals surface area contributed by atoms with Crippen molar-refractivity contribution in [3.8, 4) is 11.5 Å². The van der Waals surface area contributed by atoms with Crippen molar-refractivity contribution in [1.29, 1.82) is 0 Å². The zero-order valence-corrected chi connectivity index (χ0v) is 14.5. The number of hydrogen-bond donors (Lipinski definition) is 1. The molecule has 0 fully saturated rings. The number of nitrogens with zero attached hydrogens (tertiary/aromatic N) is 2. The molecule has 0 unspecified atom stereocenters. The second kappa shape index (κ2) is 7.41. The molecule has 2 aromatic heterocycles. The molecule has 4 nitrogen and oxygen atoms in total. The molecular weight excluding hydrogens is 381 g/mol. The Kier molecular flexibility index (Phi) is 5.17. The van der Waals surface area contributed by atoms with Gasteiger partial charge in [0.25, 0.3) is 0 Å². The van der Waals surface area contributed by atoms with E-state index < -0.39 is 23.4 Å². The van der Waals surface area contributed by atoms with Crippen molar-refractivity contribution in [1.82, 2.24) is 9.97 Å². The van der Waals surface area contributed by atoms with Crippen LogP contribution in [0.15, 0.2) is 42.9 Å². The maximum atomic E-state index is 14.1. The number of pyridine rings is 2. The monoisotopic (exact) mass is 395 g/mol. The number of anilines is 1. The molecule has 28 heavy (non-hydrogen) atoms. The summed E-state index contributed by atoms with van der Waals surface area (Å²) < 4.78 is 71.5. The molecule has 0 aliphatic rings. The number of ether oxygens (including phenoxy) is 1. The number of alkyl halides is 3. The van der Waals surface area contributed by atoms with Gasteiger partial charge in [-0.2, -0.15) is 13.2 Å². The zero-order chi connectivity index (χ0) is 20.5. The van der Waals surface area contributed by atoms with Gasteiger partial charge in [-0.25, -0.2) is 13.8 Å². The van der Waals surface area contributed by atoms with E-state index in [0.29, 0.717) is 17.2 Å². The maximum absolute atomic E-state index is 14.1. The third-order valence-corrected chi connectivity index (χ3v) is 4.13. The summed E-state index contributed by atoms with van der Waals surface area (Å²) in [4.78, 5) is 7.63. The van der Waals surface area contributed by atoms with Crippen molar-refractivity contribution in [2.24, 2.45) is 0 Å². The van der Waals surface area contributed by atoms with E-state index in [1.54, 1.807) is 6.92 Å². The molecule has 9 heteroatoms. The lowest BCUT2D eigenvalue weighted by Crippen LogP contribution is -2.06. The first-order valence-electron chi connectivity index (χ1n) is 8.03. The number of nitrogens with two attached hydrogens (primary N) is 1. The molecule has 0 aliphatic heterocycles. The number of benzene rings is 1. The third kappa shape index (κ3) is 4.03. The highest BCUT2D eigenvalue weighted by molar-refractivity contribution is 5.44. The smallest absolute Gasteiger partial charge is 0.416 e. The number of hydrogen-bond acceptors (Lipinski definition) is 4. The van der Waals surface area contributed by atoms with Crippen LogP contribution >= 0.6 is 0 Å². The predicted molar refractivity (Wildman–Crippen MR) is 91.9 cm³/mol. The molecule has 0 radical (unpaired) electrons. The number of nitrogen functional groups attached to an aromatic ring is 1. The average molecular weight is 395 g/mol. The van der Waals surface area contributed by atoms with E-state index >= 15 is 0 Å². The number of aromatic nitrogens is 2. The van der Waals surface area contributed by atoms with Crippen LogP contribution < -0.4 is 10.5 Å². The van der Waals surface area contributed by atoms with Gasteiger partial charge in [-0.05, 0) is 47.9 Å². The van der Waals surface area contributed by atoms with Crippen LogP contribution in [0.4, 0.5) is 27.8 Å². The van der Waals surface area contributed by atoms with Crippen molar-refractivity contribution in [2.75, 3.05) is 5.73 Å². The summed E-state index contributed by atoms with van der Waals surface area (Å²) in [6, 6.07) is 3.44. The Morgan fingerprint density at radius 3 is 2.46 bits per heavy atom. The quantitative estimate of drug-likeness (QED) is 0.629. The summed E-state index contributed by atoms with van der Waals surface area (Å²) in [6.07, 6.45) is -0.375. The van der Waals surface area contributed by atoms with E-state index in [2.05, 4.69) is 9.97 Å². The van der Waals surface area contributed by atoms with Crippen molar-refractivity contribution < 1.29 is 26.7 Å². The van der Waals surface area contributed by atoms with Gasteiger partial charge in [-0.1, -0.05) is 0 Å². The van der Waals surface area contributed by atoms with Crippen LogP contribution in [0, 0.1) is 18.6 Å². The first-order valence-corrected chi connectivity index (χ1v) is 8.03. The van der Waals surface area contributed by atoms with E-state index in [1.807, 2.05) is 0 Å². The molecule has 0 bridgehead atoms. The van der Waals surface area contributed by atoms with Gasteiger partial charge in [-0.3, -0.25) is 4.98 Å². The highest BCUT2D eigenvalue weighted by atomic mass is 19.4. The summed E-state index contributed by atoms with van der Waals surface area (Å²) >= 11 is 0. The maximum Gasteiger partial charge on any atom is 0.416 e. The summed E-state index contributed by atoms with van der Waals surface area (Å²) in [5.74, 6) is -2.29. The van der Waals surface area contributed by atoms with Crippen LogP contribution in [0.25, 0.3) is 0 Å². The molecule has 0 atom stereocenters. The van der Waals surface area contributed by atoms with Gasteiger partial charge in [0.2, 0.25) is 0 Å². The van der Waals surface area contributed by atoms with Gasteiger partial charge in [0.15, 0.2) is 23.2 Å². The van der Waals surface area contributed by atoms with Crippen molar-refractivity contribution in [2.45, 2.75) is 19.5 Å². The fourth-order valence-corrected chi connectivity index (χ4v) is 2.55. The summed E-state index contributed by atoms with van der Waals surface area (Å²) in [5, 5.41) is 0. The van der Waals surface area contributed by atoms with E-state index in [-0.39, 0.29) is 29.3 Å². The minimum atomic E-state index is -4.66. The molecule has 2 N–H and O–H groups in total. The third-order valence-electron chi connectivity index (χ3n) is 4.13. The second-order valence-corrected chi connectivity index (χ2v) is 6.01. The molecule has 146 valence electrons. The molecule has 0 saturated carbocycles. The van der Waals surface area contributed by atoms with E-state index in [1.165, 1.54) is 24.7 Å². The highest BCUT2D eigenvalue weighted by Gasteiger charge is 2.31. The number of halogens is 5. The van der Waals surface area contributed by atoms with Crippen LogP contribution in [0.5, 0.6) is 11.5 Å². The molecule has 3 aromatic rings. The van der Waals surface area contributed by atoms with Gasteiger partial charge >= 0.3 is 6.18 Å². The minimum absolute atomic E-state index is 0.129. The topological polar surface area (TPSA) is 61.0 Å². The van der Waals surface area contributed by atoms with Crippen LogP contribution in [0.2, 0.25) is 0 Å². The molecule has 2 heterocycles. The van der Waals surface area contributed by atoms with Gasteiger partial charge in [0.1, 0.15) is 5.75 Å². The van der Waals surface area contributed by atoms with Gasteiger partial charge in [0.05, 0.1) is 11.8 Å². The summed E-state index contributed by atoms with van der Waals surface area (Å²) in [5.41, 5.74) is 5.73. The minimum Gasteiger partial charge on any atom is -0.452 e. The molecule has 0 amide bonds. The average Bonchev–Trinajstić information content (AvgIpc) is 2.63. The second-order valence-electron chi connectivity index (χ2n) is 6.01. The SMILES string of the molecule is Cc1c(Cc2ccnc(N)c2F)cncc1Oc1ccc(C(F)(F)F)cc1F. The van der Waals surface area contributed by atoms with Crippen molar-refractivity contribution in [3.05, 3.63) is 76.7 Å². The summed E-state index contributed by atoms with van der Waals surface area (Å²) in [7, 11) is 0. The van der Waals surface area contributed by atoms with E-state index in [0.717, 1.165) is 12.1 Å². The first-order chi connectivity index (χ1) is 13.2. The van der Waals surface area contributed by atoms with Crippen LogP contribution in [-0.4, -0.2) is 9.97 Å². The Hall–Kier alpha value is -3.23. The standard InChI is InChI=1S/C19H14F5N3O/c1-10-12(6-11-4-5-27-18(25)17(11)21)8-26-9-16(10)28-15-3-2-13(7-14(15)20)19(22,23)24/h2-5,7-9H,6H2,1H3,(H2,25,27). The normalized spacial score (nSPS) is 11.5. The molecule has 1 aromatic carbocycles. The molecule has 0 aliphatic carbocycles. The Morgan fingerprint density at radius 1 is 1.04 bits per heavy atom. The Morgan fingerprint density at radius 2 is 1.79 bits per heavy atom. The first kappa shape index (κ1) is 19.5. The fourth-order valence-electron chi connectivity index (χ4n) is 2.55. The predicted octanol–water partition coefficient (Wildman–Crippen LogP) is 5.05. The largest absolute Gasteiger partial charge is 0.452 e. The van der Waals surface area contributed by atoms with Crippen LogP contribution in [0.1, 0.15) is 22.3 Å². The number of rotatable bonds is 4. The molecule has 0 saturated heterocycles. The van der Waals surface area contributed by atoms with E-state index in [4.69, 9.17) is 10.5 Å². The lowest BCUT2D eigenvalue weighted by Gasteiger charge is -2.14. The van der Waals surface area contributed by atoms with Crippen LogP contribution in [0.3, 0.4) is 0 Å². The Labute approximate surface area is 156 Å². The molecule has 0 spiro atoms. The highest BCUT2D eigenvalue weighted by Crippen LogP contribution is 2.34. The lowest BCUT2D eigenvalue weighted by atomic mass is 10.0. The summed E-state index contributed by atoms with van der Waals surface area (Å²) in [6.45, 7) is 1.65.